The molecule has 0 fully saturated rings. The highest BCUT2D eigenvalue weighted by Gasteiger charge is 2.23. The minimum Gasteiger partial charge on any atom is -0.207 e. The van der Waals surface area contributed by atoms with Gasteiger partial charge in [0.1, 0.15) is 0 Å². The van der Waals surface area contributed by atoms with Crippen molar-refractivity contribution in [3.63, 3.8) is 0 Å². The van der Waals surface area contributed by atoms with Crippen LogP contribution in [0.2, 0.25) is 0 Å². The fourth-order valence-electron chi connectivity index (χ4n) is 2.55. The van der Waals surface area contributed by atoms with E-state index in [4.69, 9.17) is 0 Å². The third kappa shape index (κ3) is 4.21. The van der Waals surface area contributed by atoms with E-state index in [1.807, 2.05) is 50.2 Å². The number of hydrogen-bond acceptors (Lipinski definition) is 2. The molecule has 3 nitrogen and oxygen atoms in total. The molecule has 0 saturated heterocycles. The van der Waals surface area contributed by atoms with Gasteiger partial charge in [-0.15, -0.1) is 0 Å². The quantitative estimate of drug-likeness (QED) is 0.790. The van der Waals surface area contributed by atoms with Gasteiger partial charge in [0, 0.05) is 13.1 Å². The van der Waals surface area contributed by atoms with E-state index in [1.54, 1.807) is 12.1 Å². The van der Waals surface area contributed by atoms with E-state index in [-0.39, 0.29) is 0 Å². The van der Waals surface area contributed by atoms with Crippen LogP contribution in [0.15, 0.2) is 53.4 Å². The molecule has 2 aromatic rings. The molecule has 0 aliphatic heterocycles. The van der Waals surface area contributed by atoms with Crippen LogP contribution in [0, 0.1) is 6.92 Å². The van der Waals surface area contributed by atoms with Crippen LogP contribution in [0.5, 0.6) is 0 Å². The SMILES string of the molecule is CCN(Cc1cccc(C)c1)S(=O)(=O)c1ccc(C(C)C)cc1. The molecule has 0 aromatic heterocycles. The first-order valence-electron chi connectivity index (χ1n) is 8.00. The molecule has 0 bridgehead atoms. The summed E-state index contributed by atoms with van der Waals surface area (Å²) < 4.78 is 27.2. The molecule has 0 aliphatic carbocycles. The second-order valence-electron chi connectivity index (χ2n) is 6.14. The van der Waals surface area contributed by atoms with Crippen molar-refractivity contribution in [2.75, 3.05) is 6.54 Å². The van der Waals surface area contributed by atoms with Crippen LogP contribution >= 0.6 is 0 Å². The van der Waals surface area contributed by atoms with E-state index in [0.717, 1.165) is 16.7 Å². The molecule has 2 aromatic carbocycles. The maximum atomic E-state index is 12.9. The third-order valence-corrected chi connectivity index (χ3v) is 5.91. The molecule has 4 heteroatoms. The first kappa shape index (κ1) is 17.7. The molecule has 0 saturated carbocycles. The fraction of sp³-hybridized carbons (Fsp3) is 0.368. The van der Waals surface area contributed by atoms with Crippen LogP contribution in [-0.4, -0.2) is 19.3 Å². The van der Waals surface area contributed by atoms with Crippen LogP contribution in [-0.2, 0) is 16.6 Å². The predicted molar refractivity (Wildman–Crippen MR) is 95.0 cm³/mol. The van der Waals surface area contributed by atoms with Crippen molar-refractivity contribution in [1.29, 1.82) is 0 Å². The van der Waals surface area contributed by atoms with Gasteiger partial charge in [0.05, 0.1) is 4.90 Å². The molecule has 0 heterocycles. The van der Waals surface area contributed by atoms with Gasteiger partial charge in [0.2, 0.25) is 10.0 Å². The van der Waals surface area contributed by atoms with Gasteiger partial charge in [0.25, 0.3) is 0 Å². The lowest BCUT2D eigenvalue weighted by Crippen LogP contribution is -2.30. The minimum absolute atomic E-state index is 0.358. The van der Waals surface area contributed by atoms with E-state index in [1.165, 1.54) is 4.31 Å². The van der Waals surface area contributed by atoms with Crippen molar-refractivity contribution < 1.29 is 8.42 Å². The standard InChI is InChI=1S/C19H25NO2S/c1-5-20(14-17-8-6-7-16(4)13-17)23(21,22)19-11-9-18(10-12-19)15(2)3/h6-13,15H,5,14H2,1-4H3. The van der Waals surface area contributed by atoms with Gasteiger partial charge in [-0.25, -0.2) is 8.42 Å². The Kier molecular flexibility index (Phi) is 5.60. The van der Waals surface area contributed by atoms with Crippen molar-refractivity contribution in [3.05, 3.63) is 65.2 Å². The molecule has 0 aliphatic rings. The Morgan fingerprint density at radius 3 is 2.22 bits per heavy atom. The number of rotatable bonds is 6. The van der Waals surface area contributed by atoms with E-state index >= 15 is 0 Å². The molecule has 0 unspecified atom stereocenters. The van der Waals surface area contributed by atoms with Crippen LogP contribution in [0.1, 0.15) is 43.4 Å². The minimum atomic E-state index is -3.47. The number of nitrogens with zero attached hydrogens (tertiary/aromatic N) is 1. The molecule has 23 heavy (non-hydrogen) atoms. The van der Waals surface area contributed by atoms with Gasteiger partial charge in [0.15, 0.2) is 0 Å². The summed E-state index contributed by atoms with van der Waals surface area (Å²) in [6.45, 7) is 8.92. The third-order valence-electron chi connectivity index (χ3n) is 3.98. The number of sulfonamides is 1. The fourth-order valence-corrected chi connectivity index (χ4v) is 3.99. The Balaban J connectivity index is 2.28. The van der Waals surface area contributed by atoms with Gasteiger partial charge in [-0.2, -0.15) is 4.31 Å². The Morgan fingerprint density at radius 1 is 1.04 bits per heavy atom. The van der Waals surface area contributed by atoms with E-state index in [2.05, 4.69) is 13.8 Å². The lowest BCUT2D eigenvalue weighted by atomic mass is 10.0. The Labute approximate surface area is 140 Å². The molecule has 0 radical (unpaired) electrons. The summed E-state index contributed by atoms with van der Waals surface area (Å²) in [6.07, 6.45) is 0. The highest BCUT2D eigenvalue weighted by Crippen LogP contribution is 2.21. The van der Waals surface area contributed by atoms with Crippen molar-refractivity contribution in [2.24, 2.45) is 0 Å². The van der Waals surface area contributed by atoms with E-state index in [9.17, 15) is 8.42 Å². The zero-order chi connectivity index (χ0) is 17.0. The van der Waals surface area contributed by atoms with Gasteiger partial charge in [-0.1, -0.05) is 62.7 Å². The zero-order valence-corrected chi connectivity index (χ0v) is 15.1. The number of hydrogen-bond donors (Lipinski definition) is 0. The summed E-state index contributed by atoms with van der Waals surface area (Å²) in [7, 11) is -3.47. The summed E-state index contributed by atoms with van der Waals surface area (Å²) in [6, 6.07) is 15.2. The summed E-state index contributed by atoms with van der Waals surface area (Å²) >= 11 is 0. The molecule has 2 rings (SSSR count). The monoisotopic (exact) mass is 331 g/mol. The first-order valence-corrected chi connectivity index (χ1v) is 9.44. The van der Waals surface area contributed by atoms with Crippen molar-refractivity contribution in [2.45, 2.75) is 45.1 Å². The molecule has 0 spiro atoms. The number of aryl methyl sites for hydroxylation is 1. The summed E-state index contributed by atoms with van der Waals surface area (Å²) in [5.74, 6) is 0.390. The van der Waals surface area contributed by atoms with Crippen LogP contribution in [0.25, 0.3) is 0 Å². The number of benzene rings is 2. The normalized spacial score (nSPS) is 12.1. The lowest BCUT2D eigenvalue weighted by molar-refractivity contribution is 0.423. The average Bonchev–Trinajstić information content (AvgIpc) is 2.52. The summed E-state index contributed by atoms with van der Waals surface area (Å²) in [4.78, 5) is 0.358. The molecular weight excluding hydrogens is 306 g/mol. The summed E-state index contributed by atoms with van der Waals surface area (Å²) in [5.41, 5.74) is 3.29. The van der Waals surface area contributed by atoms with Crippen molar-refractivity contribution in [1.82, 2.24) is 4.31 Å². The molecular formula is C19H25NO2S. The van der Waals surface area contributed by atoms with E-state index in [0.29, 0.717) is 23.9 Å². The van der Waals surface area contributed by atoms with Gasteiger partial charge >= 0.3 is 0 Å². The molecule has 0 atom stereocenters. The van der Waals surface area contributed by atoms with Crippen LogP contribution < -0.4 is 0 Å². The average molecular weight is 331 g/mol. The topological polar surface area (TPSA) is 37.4 Å². The molecule has 0 N–H and O–H groups in total. The van der Waals surface area contributed by atoms with Gasteiger partial charge < -0.3 is 0 Å². The lowest BCUT2D eigenvalue weighted by Gasteiger charge is -2.21. The van der Waals surface area contributed by atoms with Gasteiger partial charge in [-0.3, -0.25) is 0 Å². The molecule has 0 amide bonds. The maximum absolute atomic E-state index is 12.9. The zero-order valence-electron chi connectivity index (χ0n) is 14.3. The highest BCUT2D eigenvalue weighted by atomic mass is 32.2. The molecule has 124 valence electrons. The highest BCUT2D eigenvalue weighted by molar-refractivity contribution is 7.89. The van der Waals surface area contributed by atoms with Crippen LogP contribution in [0.4, 0.5) is 0 Å². The van der Waals surface area contributed by atoms with Crippen molar-refractivity contribution >= 4 is 10.0 Å². The smallest absolute Gasteiger partial charge is 0.207 e. The van der Waals surface area contributed by atoms with E-state index < -0.39 is 10.0 Å². The summed E-state index contributed by atoms with van der Waals surface area (Å²) in [5, 5.41) is 0. The van der Waals surface area contributed by atoms with Crippen molar-refractivity contribution in [3.8, 4) is 0 Å². The Bertz CT molecular complexity index is 749. The van der Waals surface area contributed by atoms with Crippen LogP contribution in [0.3, 0.4) is 0 Å². The maximum Gasteiger partial charge on any atom is 0.243 e. The Morgan fingerprint density at radius 2 is 1.70 bits per heavy atom. The second-order valence-corrected chi connectivity index (χ2v) is 8.08. The van der Waals surface area contributed by atoms with Gasteiger partial charge in [-0.05, 0) is 36.1 Å². The predicted octanol–water partition coefficient (Wildman–Crippen LogP) is 4.33. The second kappa shape index (κ2) is 7.28. The Hall–Kier alpha value is -1.65. The largest absolute Gasteiger partial charge is 0.243 e. The first-order chi connectivity index (χ1) is 10.8.